The van der Waals surface area contributed by atoms with Crippen LogP contribution in [0.2, 0.25) is 0 Å². The Morgan fingerprint density at radius 2 is 1.66 bits per heavy atom. The molecule has 0 atom stereocenters. The van der Waals surface area contributed by atoms with Gasteiger partial charge in [-0.05, 0) is 54.6 Å². The summed E-state index contributed by atoms with van der Waals surface area (Å²) in [5.41, 5.74) is 1.50. The van der Waals surface area contributed by atoms with Crippen LogP contribution in [0.5, 0.6) is 0 Å². The lowest BCUT2D eigenvalue weighted by molar-refractivity contribution is 0.101. The highest BCUT2D eigenvalue weighted by molar-refractivity contribution is 7.91. The molecule has 0 saturated heterocycles. The van der Waals surface area contributed by atoms with Gasteiger partial charge in [-0.15, -0.1) is 11.3 Å². The molecule has 0 fully saturated rings. The number of carbonyl (C=O) groups is 2. The second-order valence-corrected chi connectivity index (χ2v) is 9.78. The highest BCUT2D eigenvalue weighted by Gasteiger charge is 2.35. The van der Waals surface area contributed by atoms with Crippen molar-refractivity contribution >= 4 is 38.0 Å². The van der Waals surface area contributed by atoms with Crippen molar-refractivity contribution in [2.45, 2.75) is 9.79 Å². The largest absolute Gasteiger partial charge is 0.298 e. The van der Waals surface area contributed by atoms with Crippen LogP contribution in [0.15, 0.2) is 81.9 Å². The lowest BCUT2D eigenvalue weighted by Gasteiger charge is -2.19. The van der Waals surface area contributed by atoms with Gasteiger partial charge in [-0.25, -0.2) is 17.8 Å². The number of amides is 1. The van der Waals surface area contributed by atoms with Crippen molar-refractivity contribution in [3.05, 3.63) is 94.6 Å². The van der Waals surface area contributed by atoms with Gasteiger partial charge in [0.15, 0.2) is 10.9 Å². The number of halogens is 1. The van der Waals surface area contributed by atoms with E-state index in [-0.39, 0.29) is 32.3 Å². The Bertz CT molecular complexity index is 1510. The van der Waals surface area contributed by atoms with Crippen molar-refractivity contribution in [1.29, 1.82) is 0 Å². The molecule has 1 aromatic heterocycles. The fourth-order valence-corrected chi connectivity index (χ4v) is 5.87. The van der Waals surface area contributed by atoms with E-state index in [4.69, 9.17) is 0 Å². The molecule has 5 rings (SSSR count). The maximum absolute atomic E-state index is 13.1. The van der Waals surface area contributed by atoms with Gasteiger partial charge in [0.25, 0.3) is 5.91 Å². The minimum Gasteiger partial charge on any atom is -0.298 e. The van der Waals surface area contributed by atoms with Crippen LogP contribution in [0.1, 0.15) is 26.3 Å². The van der Waals surface area contributed by atoms with Gasteiger partial charge in [-0.2, -0.15) is 0 Å². The Hall–Kier alpha value is -3.69. The van der Waals surface area contributed by atoms with Crippen LogP contribution in [0.3, 0.4) is 0 Å². The number of ketones is 1. The molecule has 1 aliphatic rings. The summed E-state index contributed by atoms with van der Waals surface area (Å²) in [6.07, 6.45) is 0. The van der Waals surface area contributed by atoms with Crippen LogP contribution in [-0.2, 0) is 9.84 Å². The lowest BCUT2D eigenvalue weighted by Crippen LogP contribution is -2.21. The molecular formula is C23H13FN2O4S2. The zero-order valence-corrected chi connectivity index (χ0v) is 17.8. The first kappa shape index (κ1) is 20.2. The highest BCUT2D eigenvalue weighted by Crippen LogP contribution is 2.35. The second kappa shape index (κ2) is 7.47. The molecule has 0 unspecified atom stereocenters. The first-order valence-electron chi connectivity index (χ1n) is 9.40. The smallest absolute Gasteiger partial charge is 0.257 e. The summed E-state index contributed by atoms with van der Waals surface area (Å²) in [5.74, 6) is -1.32. The molecule has 4 aromatic rings. The number of nitrogens with one attached hydrogen (secondary N) is 1. The summed E-state index contributed by atoms with van der Waals surface area (Å²) in [5, 5.41) is 4.66. The van der Waals surface area contributed by atoms with E-state index in [1.54, 1.807) is 29.6 Å². The minimum atomic E-state index is -3.94. The number of fused-ring (bicyclic) bond motifs is 2. The molecule has 0 aliphatic carbocycles. The van der Waals surface area contributed by atoms with E-state index < -0.39 is 21.5 Å². The molecule has 0 saturated carbocycles. The van der Waals surface area contributed by atoms with Gasteiger partial charge in [-0.3, -0.25) is 14.9 Å². The summed E-state index contributed by atoms with van der Waals surface area (Å²) in [6, 6.07) is 15.8. The molecule has 0 spiro atoms. The zero-order valence-electron chi connectivity index (χ0n) is 16.2. The Kier molecular flexibility index (Phi) is 4.72. The number of benzene rings is 3. The van der Waals surface area contributed by atoms with Crippen molar-refractivity contribution in [3.63, 3.8) is 0 Å². The van der Waals surface area contributed by atoms with Gasteiger partial charge in [0.05, 0.1) is 15.5 Å². The van der Waals surface area contributed by atoms with Crippen molar-refractivity contribution < 1.29 is 22.4 Å². The van der Waals surface area contributed by atoms with Crippen LogP contribution >= 0.6 is 11.3 Å². The summed E-state index contributed by atoms with van der Waals surface area (Å²) in [4.78, 5) is 29.5. The predicted molar refractivity (Wildman–Crippen MR) is 117 cm³/mol. The molecule has 0 bridgehead atoms. The van der Waals surface area contributed by atoms with Crippen molar-refractivity contribution in [1.82, 2.24) is 4.98 Å². The van der Waals surface area contributed by atoms with Crippen LogP contribution in [0, 0.1) is 5.82 Å². The normalized spacial score (nSPS) is 13.8. The molecule has 6 nitrogen and oxygen atoms in total. The first-order chi connectivity index (χ1) is 15.3. The summed E-state index contributed by atoms with van der Waals surface area (Å²) < 4.78 is 39.2. The Balaban J connectivity index is 1.45. The average molecular weight is 464 g/mol. The molecule has 1 amide bonds. The number of nitrogens with zero attached hydrogens (tertiary/aromatic N) is 1. The third kappa shape index (κ3) is 3.31. The van der Waals surface area contributed by atoms with Crippen molar-refractivity contribution in [3.8, 4) is 11.3 Å². The van der Waals surface area contributed by atoms with Crippen LogP contribution in [-0.4, -0.2) is 25.1 Å². The lowest BCUT2D eigenvalue weighted by atomic mass is 10.0. The molecule has 9 heteroatoms. The van der Waals surface area contributed by atoms with E-state index in [0.717, 1.165) is 0 Å². The number of hydrogen-bond donors (Lipinski definition) is 1. The van der Waals surface area contributed by atoms with Gasteiger partial charge in [0.2, 0.25) is 9.84 Å². The molecule has 0 radical (unpaired) electrons. The molecular weight excluding hydrogens is 451 g/mol. The average Bonchev–Trinajstić information content (AvgIpc) is 3.26. The number of carbonyl (C=O) groups excluding carboxylic acids is 2. The van der Waals surface area contributed by atoms with Gasteiger partial charge in [0.1, 0.15) is 5.82 Å². The maximum Gasteiger partial charge on any atom is 0.257 e. The fourth-order valence-electron chi connectivity index (χ4n) is 3.48. The van der Waals surface area contributed by atoms with E-state index >= 15 is 0 Å². The second-order valence-electron chi connectivity index (χ2n) is 7.04. The Morgan fingerprint density at radius 3 is 2.44 bits per heavy atom. The molecule has 158 valence electrons. The van der Waals surface area contributed by atoms with Gasteiger partial charge < -0.3 is 0 Å². The van der Waals surface area contributed by atoms with Gasteiger partial charge >= 0.3 is 0 Å². The van der Waals surface area contributed by atoms with E-state index in [9.17, 15) is 22.4 Å². The molecule has 32 heavy (non-hydrogen) atoms. The van der Waals surface area contributed by atoms with Crippen LogP contribution in [0.4, 0.5) is 9.52 Å². The molecule has 2 heterocycles. The quantitative estimate of drug-likeness (QED) is 0.422. The standard InChI is InChI=1S/C23H13FN2O4S2/c24-15-8-5-13(6-9-15)18-12-31-23(25-18)26-22(28)14-7-10-17-20(11-14)32(29,30)19-4-2-1-3-16(19)21(17)27/h1-12H,(H,25,26,28). The SMILES string of the molecule is O=C(Nc1nc(-c2ccc(F)cc2)cs1)c1ccc2c(c1)S(=O)(=O)c1ccccc1C2=O. The van der Waals surface area contributed by atoms with E-state index in [0.29, 0.717) is 16.4 Å². The van der Waals surface area contributed by atoms with Crippen LogP contribution < -0.4 is 5.32 Å². The summed E-state index contributed by atoms with van der Waals surface area (Å²) in [7, 11) is -3.94. The summed E-state index contributed by atoms with van der Waals surface area (Å²) in [6.45, 7) is 0. The number of anilines is 1. The first-order valence-corrected chi connectivity index (χ1v) is 11.8. The molecule has 1 aliphatic heterocycles. The van der Waals surface area contributed by atoms with Gasteiger partial charge in [0, 0.05) is 27.6 Å². The number of rotatable bonds is 3. The molecule has 3 aromatic carbocycles. The van der Waals surface area contributed by atoms with E-state index in [1.165, 1.54) is 53.8 Å². The Morgan fingerprint density at radius 1 is 0.938 bits per heavy atom. The number of hydrogen-bond acceptors (Lipinski definition) is 6. The van der Waals surface area contributed by atoms with Crippen LogP contribution in [0.25, 0.3) is 11.3 Å². The van der Waals surface area contributed by atoms with Crippen molar-refractivity contribution in [2.75, 3.05) is 5.32 Å². The molecule has 1 N–H and O–H groups in total. The third-order valence-corrected chi connectivity index (χ3v) is 7.67. The highest BCUT2D eigenvalue weighted by atomic mass is 32.2. The van der Waals surface area contributed by atoms with Gasteiger partial charge in [-0.1, -0.05) is 12.1 Å². The Labute approximate surface area is 186 Å². The summed E-state index contributed by atoms with van der Waals surface area (Å²) >= 11 is 1.18. The monoisotopic (exact) mass is 464 g/mol. The zero-order chi connectivity index (χ0) is 22.5. The topological polar surface area (TPSA) is 93.2 Å². The third-order valence-electron chi connectivity index (χ3n) is 5.06. The maximum atomic E-state index is 13.1. The van der Waals surface area contributed by atoms with E-state index in [2.05, 4.69) is 10.3 Å². The number of thiazole rings is 1. The fraction of sp³-hybridized carbons (Fsp3) is 0. The number of sulfone groups is 1. The predicted octanol–water partition coefficient (Wildman–Crippen LogP) is 4.58. The minimum absolute atomic E-state index is 0.0353. The van der Waals surface area contributed by atoms with E-state index in [1.807, 2.05) is 0 Å². The number of aromatic nitrogens is 1. The van der Waals surface area contributed by atoms with Crippen molar-refractivity contribution in [2.24, 2.45) is 0 Å².